The lowest BCUT2D eigenvalue weighted by Crippen LogP contribution is -2.72. The third-order valence-electron chi connectivity index (χ3n) is 7.67. The van der Waals surface area contributed by atoms with E-state index in [1.807, 2.05) is 6.08 Å². The molecule has 0 spiro atoms. The van der Waals surface area contributed by atoms with Crippen molar-refractivity contribution in [2.24, 2.45) is 0 Å². The van der Waals surface area contributed by atoms with Gasteiger partial charge >= 0.3 is 11.9 Å². The minimum absolute atomic E-state index is 0.185. The van der Waals surface area contributed by atoms with Crippen molar-refractivity contribution in [3.8, 4) is 0 Å². The van der Waals surface area contributed by atoms with E-state index in [0.717, 1.165) is 32.1 Å². The molecule has 0 aromatic heterocycles. The second-order valence-electron chi connectivity index (χ2n) is 10.1. The third-order valence-corrected chi connectivity index (χ3v) is 7.67. The van der Waals surface area contributed by atoms with Gasteiger partial charge in [-0.15, -0.1) is 6.58 Å². The zero-order valence-electron chi connectivity index (χ0n) is 22.5. The van der Waals surface area contributed by atoms with Gasteiger partial charge in [0.05, 0.1) is 12.5 Å². The fourth-order valence-corrected chi connectivity index (χ4v) is 5.17. The van der Waals surface area contributed by atoms with Crippen LogP contribution in [0.4, 0.5) is 0 Å². The van der Waals surface area contributed by atoms with Crippen LogP contribution in [0.15, 0.2) is 12.7 Å². The first-order chi connectivity index (χ1) is 16.6. The van der Waals surface area contributed by atoms with Crippen LogP contribution in [-0.4, -0.2) is 57.3 Å². The maximum absolute atomic E-state index is 11.8. The zero-order chi connectivity index (χ0) is 26.7. The minimum atomic E-state index is -1.42. The molecule has 0 aliphatic heterocycles. The van der Waals surface area contributed by atoms with Crippen LogP contribution in [0.3, 0.4) is 0 Å². The van der Waals surface area contributed by atoms with Gasteiger partial charge in [0.25, 0.3) is 0 Å². The molecular weight excluding hydrogens is 446 g/mol. The summed E-state index contributed by atoms with van der Waals surface area (Å²) in [5, 5.41) is 30.9. The molecule has 35 heavy (non-hydrogen) atoms. The summed E-state index contributed by atoms with van der Waals surface area (Å²) in [6, 6.07) is -3.55. The van der Waals surface area contributed by atoms with E-state index in [4.69, 9.17) is 0 Å². The lowest BCUT2D eigenvalue weighted by Gasteiger charge is -2.49. The summed E-state index contributed by atoms with van der Waals surface area (Å²) in [5.74, 6) is -3.82. The number of carboxylic acid groups (broad SMARTS) is 3. The van der Waals surface area contributed by atoms with Crippen LogP contribution < -0.4 is 5.11 Å². The van der Waals surface area contributed by atoms with Gasteiger partial charge in [-0.3, -0.25) is 4.48 Å². The van der Waals surface area contributed by atoms with Crippen molar-refractivity contribution in [1.82, 2.24) is 0 Å². The van der Waals surface area contributed by atoms with Crippen molar-refractivity contribution in [2.45, 2.75) is 142 Å². The molecular formula is C28H51NO6. The predicted molar refractivity (Wildman–Crippen MR) is 138 cm³/mol. The van der Waals surface area contributed by atoms with Crippen LogP contribution >= 0.6 is 0 Å². The highest BCUT2D eigenvalue weighted by molar-refractivity contribution is 5.76. The van der Waals surface area contributed by atoms with Crippen LogP contribution in [-0.2, 0) is 14.4 Å². The summed E-state index contributed by atoms with van der Waals surface area (Å²) >= 11 is 0. The molecule has 0 saturated heterocycles. The normalized spacial score (nSPS) is 15.6. The highest BCUT2D eigenvalue weighted by Gasteiger charge is 2.50. The number of carboxylic acids is 3. The van der Waals surface area contributed by atoms with E-state index in [1.165, 1.54) is 85.0 Å². The second-order valence-corrected chi connectivity index (χ2v) is 10.1. The van der Waals surface area contributed by atoms with Crippen molar-refractivity contribution in [2.75, 3.05) is 6.54 Å². The number of nitrogens with zero attached hydrogens (tertiary/aromatic N) is 1. The molecule has 3 atom stereocenters. The maximum atomic E-state index is 11.8. The highest BCUT2D eigenvalue weighted by Crippen LogP contribution is 2.27. The first-order valence-corrected chi connectivity index (χ1v) is 13.8. The molecule has 0 bridgehead atoms. The average molecular weight is 498 g/mol. The molecule has 0 aromatic carbocycles. The Hall–Kier alpha value is -1.89. The monoisotopic (exact) mass is 497 g/mol. The Labute approximate surface area is 213 Å². The topological polar surface area (TPSA) is 115 Å². The SMILES string of the molecule is C=CCCCCCCCCCCCCCCCCC[N+](C(C)C(=O)[O-])(C(C)C(=O)O)C(C)C(=O)O. The summed E-state index contributed by atoms with van der Waals surface area (Å²) in [7, 11) is 0. The van der Waals surface area contributed by atoms with Crippen LogP contribution in [0.5, 0.6) is 0 Å². The molecule has 0 fully saturated rings. The Bertz CT molecular complexity index is 570. The van der Waals surface area contributed by atoms with Gasteiger partial charge in [-0.2, -0.15) is 0 Å². The Morgan fingerprint density at radius 1 is 0.657 bits per heavy atom. The van der Waals surface area contributed by atoms with Gasteiger partial charge in [-0.25, -0.2) is 9.59 Å². The molecule has 0 aliphatic rings. The number of rotatable bonds is 24. The van der Waals surface area contributed by atoms with Crippen LogP contribution in [0.25, 0.3) is 0 Å². The molecule has 0 aromatic rings. The van der Waals surface area contributed by atoms with Gasteiger partial charge in [0, 0.05) is 0 Å². The fraction of sp³-hybridized carbons (Fsp3) is 0.821. The molecule has 0 aliphatic carbocycles. The molecule has 204 valence electrons. The van der Waals surface area contributed by atoms with Crippen LogP contribution in [0, 0.1) is 0 Å². The summed E-state index contributed by atoms with van der Waals surface area (Å²) in [5.41, 5.74) is 0. The number of carbonyl (C=O) groups excluding carboxylic acids is 1. The number of unbranched alkanes of at least 4 members (excludes halogenated alkanes) is 15. The number of aliphatic carboxylic acids is 3. The molecule has 0 amide bonds. The van der Waals surface area contributed by atoms with Gasteiger partial charge in [0.2, 0.25) is 0 Å². The number of quaternary nitrogens is 1. The van der Waals surface area contributed by atoms with Crippen molar-refractivity contribution >= 4 is 17.9 Å². The summed E-state index contributed by atoms with van der Waals surface area (Å²) in [6.45, 7) is 8.09. The molecule has 3 unspecified atom stereocenters. The number of hydrogen-bond acceptors (Lipinski definition) is 4. The maximum Gasteiger partial charge on any atom is 0.362 e. The molecule has 0 rings (SSSR count). The van der Waals surface area contributed by atoms with Crippen molar-refractivity contribution in [1.29, 1.82) is 0 Å². The number of carbonyl (C=O) groups is 3. The molecule has 7 nitrogen and oxygen atoms in total. The fourth-order valence-electron chi connectivity index (χ4n) is 5.17. The largest absolute Gasteiger partial charge is 0.544 e. The Balaban J connectivity index is 4.22. The minimum Gasteiger partial charge on any atom is -0.544 e. The zero-order valence-corrected chi connectivity index (χ0v) is 22.5. The molecule has 0 saturated carbocycles. The standard InChI is InChI=1S/C28H51NO6/c1-5-6-7-8-9-10-11-12-13-14-15-16-17-18-19-20-21-22-29(23(2)26(30)31,24(3)27(32)33)25(4)28(34)35/h5,23-25H,1,6-22H2,2-4H3,(H2-,30,31,32,33,34,35). The Morgan fingerprint density at radius 3 is 1.26 bits per heavy atom. The van der Waals surface area contributed by atoms with E-state index in [0.29, 0.717) is 6.42 Å². The number of allylic oxidation sites excluding steroid dienone is 1. The van der Waals surface area contributed by atoms with Crippen LogP contribution in [0.2, 0.25) is 0 Å². The Morgan fingerprint density at radius 2 is 0.971 bits per heavy atom. The lowest BCUT2D eigenvalue weighted by atomic mass is 9.99. The van der Waals surface area contributed by atoms with Crippen molar-refractivity contribution < 1.29 is 34.2 Å². The van der Waals surface area contributed by atoms with Crippen LogP contribution in [0.1, 0.15) is 124 Å². The van der Waals surface area contributed by atoms with E-state index in [2.05, 4.69) is 6.58 Å². The summed E-state index contributed by atoms with van der Waals surface area (Å²) in [6.07, 6.45) is 20.8. The van der Waals surface area contributed by atoms with Crippen molar-refractivity contribution in [3.05, 3.63) is 12.7 Å². The van der Waals surface area contributed by atoms with E-state index >= 15 is 0 Å². The second kappa shape index (κ2) is 19.3. The first-order valence-electron chi connectivity index (χ1n) is 13.8. The van der Waals surface area contributed by atoms with Crippen molar-refractivity contribution in [3.63, 3.8) is 0 Å². The van der Waals surface area contributed by atoms with Gasteiger partial charge < -0.3 is 20.1 Å². The first kappa shape index (κ1) is 33.1. The van der Waals surface area contributed by atoms with E-state index < -0.39 is 40.5 Å². The summed E-state index contributed by atoms with van der Waals surface area (Å²) in [4.78, 5) is 35.2. The molecule has 2 N–H and O–H groups in total. The molecule has 7 heteroatoms. The number of hydrogen-bond donors (Lipinski definition) is 2. The van der Waals surface area contributed by atoms with Gasteiger partial charge in [-0.05, 0) is 46.5 Å². The van der Waals surface area contributed by atoms with Gasteiger partial charge in [0.15, 0.2) is 12.1 Å². The van der Waals surface area contributed by atoms with E-state index in [9.17, 15) is 29.7 Å². The van der Waals surface area contributed by atoms with Gasteiger partial charge in [-0.1, -0.05) is 83.1 Å². The third kappa shape index (κ3) is 12.6. The average Bonchev–Trinajstić information content (AvgIpc) is 2.82. The quantitative estimate of drug-likeness (QED) is 0.106. The van der Waals surface area contributed by atoms with Gasteiger partial charge in [0.1, 0.15) is 6.04 Å². The predicted octanol–water partition coefficient (Wildman–Crippen LogP) is 5.32. The smallest absolute Gasteiger partial charge is 0.362 e. The van der Waals surface area contributed by atoms with E-state index in [1.54, 1.807) is 0 Å². The molecule has 0 radical (unpaired) electrons. The lowest BCUT2D eigenvalue weighted by molar-refractivity contribution is -0.969. The molecule has 0 heterocycles. The van der Waals surface area contributed by atoms with E-state index in [-0.39, 0.29) is 6.54 Å². The Kier molecular flexibility index (Phi) is 18.3. The summed E-state index contributed by atoms with van der Waals surface area (Å²) < 4.78 is -0.540. The highest BCUT2D eigenvalue weighted by atomic mass is 16.4.